The number of ether oxygens (including phenoxy) is 2. The van der Waals surface area contributed by atoms with Gasteiger partial charge in [-0.3, -0.25) is 9.59 Å². The first-order chi connectivity index (χ1) is 15.8. The predicted molar refractivity (Wildman–Crippen MR) is 125 cm³/mol. The van der Waals surface area contributed by atoms with Gasteiger partial charge < -0.3 is 14.8 Å². The molecule has 0 bridgehead atoms. The molecule has 6 nitrogen and oxygen atoms in total. The number of hydrogen-bond acceptors (Lipinski definition) is 5. The zero-order valence-electron chi connectivity index (χ0n) is 18.7. The molecular weight excluding hydrogens is 423 g/mol. The second-order valence-corrected chi connectivity index (χ2v) is 7.74. The van der Waals surface area contributed by atoms with E-state index in [2.05, 4.69) is 5.32 Å². The lowest BCUT2D eigenvalue weighted by Crippen LogP contribution is -2.32. The van der Waals surface area contributed by atoms with Gasteiger partial charge in [-0.2, -0.15) is 0 Å². The van der Waals surface area contributed by atoms with Gasteiger partial charge >= 0.3 is 0 Å². The maximum Gasteiger partial charge on any atom is 0.282 e. The third kappa shape index (κ3) is 4.17. The van der Waals surface area contributed by atoms with E-state index in [0.717, 1.165) is 16.0 Å². The highest BCUT2D eigenvalue weighted by molar-refractivity contribution is 6.46. The summed E-state index contributed by atoms with van der Waals surface area (Å²) in [5, 5.41) is 3.08. The fourth-order valence-corrected chi connectivity index (χ4v) is 3.89. The molecule has 0 spiro atoms. The van der Waals surface area contributed by atoms with E-state index in [0.29, 0.717) is 28.4 Å². The third-order valence-electron chi connectivity index (χ3n) is 5.35. The Morgan fingerprint density at radius 1 is 0.818 bits per heavy atom. The number of methoxy groups -OCH3 is 2. The summed E-state index contributed by atoms with van der Waals surface area (Å²) in [6.45, 7) is 3.80. The molecule has 1 aliphatic rings. The van der Waals surface area contributed by atoms with Crippen molar-refractivity contribution in [3.63, 3.8) is 0 Å². The van der Waals surface area contributed by atoms with Crippen molar-refractivity contribution in [3.05, 3.63) is 88.9 Å². The van der Waals surface area contributed by atoms with Crippen LogP contribution in [-0.4, -0.2) is 26.0 Å². The van der Waals surface area contributed by atoms with E-state index in [1.807, 2.05) is 19.9 Å². The maximum absolute atomic E-state index is 13.6. The van der Waals surface area contributed by atoms with Crippen molar-refractivity contribution in [2.24, 2.45) is 0 Å². The van der Waals surface area contributed by atoms with Gasteiger partial charge in [0, 0.05) is 6.07 Å². The lowest BCUT2D eigenvalue weighted by atomic mass is 10.0. The topological polar surface area (TPSA) is 67.9 Å². The van der Waals surface area contributed by atoms with Crippen molar-refractivity contribution in [2.45, 2.75) is 13.8 Å². The maximum atomic E-state index is 13.6. The summed E-state index contributed by atoms with van der Waals surface area (Å²) in [6.07, 6.45) is 0. The van der Waals surface area contributed by atoms with Crippen LogP contribution >= 0.6 is 0 Å². The Bertz CT molecular complexity index is 1260. The van der Waals surface area contributed by atoms with E-state index in [4.69, 9.17) is 9.47 Å². The summed E-state index contributed by atoms with van der Waals surface area (Å²) >= 11 is 0. The molecule has 4 rings (SSSR count). The Morgan fingerprint density at radius 2 is 1.48 bits per heavy atom. The molecule has 33 heavy (non-hydrogen) atoms. The fourth-order valence-electron chi connectivity index (χ4n) is 3.89. The summed E-state index contributed by atoms with van der Waals surface area (Å²) in [4.78, 5) is 28.3. The largest absolute Gasteiger partial charge is 0.497 e. The van der Waals surface area contributed by atoms with Gasteiger partial charge in [0.15, 0.2) is 0 Å². The summed E-state index contributed by atoms with van der Waals surface area (Å²) in [6, 6.07) is 16.1. The van der Waals surface area contributed by atoms with Crippen molar-refractivity contribution in [3.8, 4) is 11.5 Å². The fraction of sp³-hybridized carbons (Fsp3) is 0.154. The molecule has 1 heterocycles. The first-order valence-electron chi connectivity index (χ1n) is 10.3. The van der Waals surface area contributed by atoms with Crippen LogP contribution in [0, 0.1) is 19.7 Å². The molecule has 1 N–H and O–H groups in total. The number of amides is 2. The molecule has 3 aromatic carbocycles. The van der Waals surface area contributed by atoms with Crippen LogP contribution in [0.1, 0.15) is 16.7 Å². The van der Waals surface area contributed by atoms with Crippen molar-refractivity contribution in [2.75, 3.05) is 24.4 Å². The Hall–Kier alpha value is -4.13. The Labute approximate surface area is 191 Å². The number of rotatable bonds is 6. The Balaban J connectivity index is 1.87. The van der Waals surface area contributed by atoms with Crippen LogP contribution in [0.2, 0.25) is 0 Å². The highest BCUT2D eigenvalue weighted by atomic mass is 19.1. The molecule has 0 atom stereocenters. The molecule has 2 amide bonds. The van der Waals surface area contributed by atoms with Gasteiger partial charge in [0.1, 0.15) is 23.0 Å². The summed E-state index contributed by atoms with van der Waals surface area (Å²) < 4.78 is 24.3. The van der Waals surface area contributed by atoms with Gasteiger partial charge in [0.05, 0.1) is 31.2 Å². The van der Waals surface area contributed by atoms with E-state index in [9.17, 15) is 14.0 Å². The number of nitrogens with one attached hydrogen (secondary N) is 1. The van der Waals surface area contributed by atoms with Crippen molar-refractivity contribution in [1.82, 2.24) is 0 Å². The molecular formula is C26H23FN2O4. The highest BCUT2D eigenvalue weighted by Gasteiger charge is 2.40. The van der Waals surface area contributed by atoms with Crippen molar-refractivity contribution < 1.29 is 23.5 Å². The number of halogens is 1. The predicted octanol–water partition coefficient (Wildman–Crippen LogP) is 4.86. The second-order valence-electron chi connectivity index (χ2n) is 7.74. The highest BCUT2D eigenvalue weighted by Crippen LogP contribution is 2.37. The minimum absolute atomic E-state index is 0.0670. The lowest BCUT2D eigenvalue weighted by Gasteiger charge is -2.17. The molecule has 168 valence electrons. The van der Waals surface area contributed by atoms with E-state index in [1.165, 1.54) is 38.5 Å². The normalized spacial score (nSPS) is 13.5. The van der Waals surface area contributed by atoms with Crippen LogP contribution in [0.15, 0.2) is 66.4 Å². The molecule has 0 radical (unpaired) electrons. The van der Waals surface area contributed by atoms with Gasteiger partial charge in [0.25, 0.3) is 11.8 Å². The third-order valence-corrected chi connectivity index (χ3v) is 5.35. The molecule has 3 aromatic rings. The van der Waals surface area contributed by atoms with Gasteiger partial charge in [-0.1, -0.05) is 18.2 Å². The van der Waals surface area contributed by atoms with Crippen LogP contribution in [0.5, 0.6) is 11.5 Å². The minimum Gasteiger partial charge on any atom is -0.497 e. The zero-order valence-corrected chi connectivity index (χ0v) is 18.7. The lowest BCUT2D eigenvalue weighted by molar-refractivity contribution is -0.120. The van der Waals surface area contributed by atoms with Gasteiger partial charge in [-0.25, -0.2) is 9.29 Å². The minimum atomic E-state index is -0.519. The van der Waals surface area contributed by atoms with Crippen LogP contribution in [-0.2, 0) is 9.59 Å². The molecule has 7 heteroatoms. The van der Waals surface area contributed by atoms with E-state index in [1.54, 1.807) is 30.3 Å². The SMILES string of the molecule is COc1ccc(OC)c(NC2=C(c3ccc(F)cc3)C(=O)N(c3cc(C)cc(C)c3)C2=O)c1. The number of carbonyl (C=O) groups is 2. The number of hydrogen-bond donors (Lipinski definition) is 1. The number of imide groups is 1. The van der Waals surface area contributed by atoms with Crippen LogP contribution in [0.25, 0.3) is 5.57 Å². The zero-order chi connectivity index (χ0) is 23.7. The standard InChI is InChI=1S/C26H23FN2O4/c1-15-11-16(2)13-19(12-15)29-25(30)23(17-5-7-18(27)8-6-17)24(26(29)31)28-21-14-20(32-3)9-10-22(21)33-4/h5-14,28H,1-4H3. The average Bonchev–Trinajstić information content (AvgIpc) is 3.03. The monoisotopic (exact) mass is 446 g/mol. The van der Waals surface area contributed by atoms with Gasteiger partial charge in [0.2, 0.25) is 0 Å². The average molecular weight is 446 g/mol. The molecule has 0 saturated carbocycles. The van der Waals surface area contributed by atoms with Crippen LogP contribution < -0.4 is 19.7 Å². The molecule has 0 fully saturated rings. The van der Waals surface area contributed by atoms with E-state index >= 15 is 0 Å². The summed E-state index contributed by atoms with van der Waals surface area (Å²) in [5.41, 5.74) is 3.40. The number of nitrogens with zero attached hydrogens (tertiary/aromatic N) is 1. The van der Waals surface area contributed by atoms with Gasteiger partial charge in [-0.05, 0) is 66.9 Å². The first-order valence-corrected chi connectivity index (χ1v) is 10.3. The summed E-state index contributed by atoms with van der Waals surface area (Å²) in [5.74, 6) is -0.446. The van der Waals surface area contributed by atoms with Crippen molar-refractivity contribution in [1.29, 1.82) is 0 Å². The Kier molecular flexibility index (Phi) is 5.87. The molecule has 0 unspecified atom stereocenters. The van der Waals surface area contributed by atoms with Crippen LogP contribution in [0.4, 0.5) is 15.8 Å². The molecule has 0 aromatic heterocycles. The molecule has 0 aliphatic carbocycles. The molecule has 1 aliphatic heterocycles. The number of benzene rings is 3. The van der Waals surface area contributed by atoms with Crippen molar-refractivity contribution >= 4 is 28.8 Å². The summed E-state index contributed by atoms with van der Waals surface area (Å²) in [7, 11) is 3.03. The smallest absolute Gasteiger partial charge is 0.282 e. The first kappa shape index (κ1) is 22.1. The molecule has 0 saturated heterocycles. The van der Waals surface area contributed by atoms with E-state index in [-0.39, 0.29) is 11.3 Å². The number of carbonyl (C=O) groups excluding carboxylic acids is 2. The van der Waals surface area contributed by atoms with Gasteiger partial charge in [-0.15, -0.1) is 0 Å². The number of aryl methyl sites for hydroxylation is 2. The second kappa shape index (κ2) is 8.78. The number of anilines is 2. The van der Waals surface area contributed by atoms with Crippen LogP contribution in [0.3, 0.4) is 0 Å². The quantitative estimate of drug-likeness (QED) is 0.548. The van der Waals surface area contributed by atoms with E-state index < -0.39 is 17.6 Å². The Morgan fingerprint density at radius 3 is 2.09 bits per heavy atom.